The molecule has 1 saturated heterocycles. The van der Waals surface area contributed by atoms with Gasteiger partial charge in [-0.1, -0.05) is 0 Å². The molecule has 0 aliphatic carbocycles. The molecule has 2 heterocycles. The molecule has 0 radical (unpaired) electrons. The third-order valence-electron chi connectivity index (χ3n) is 3.09. The van der Waals surface area contributed by atoms with Gasteiger partial charge >= 0.3 is 6.03 Å². The van der Waals surface area contributed by atoms with Gasteiger partial charge < -0.3 is 15.4 Å². The first-order chi connectivity index (χ1) is 9.25. The predicted molar refractivity (Wildman–Crippen MR) is 73.3 cm³/mol. The number of pyridine rings is 1. The van der Waals surface area contributed by atoms with Gasteiger partial charge in [0.1, 0.15) is 0 Å². The Morgan fingerprint density at radius 3 is 3.00 bits per heavy atom. The first kappa shape index (κ1) is 13.8. The van der Waals surface area contributed by atoms with Crippen molar-refractivity contribution in [2.75, 3.05) is 44.7 Å². The molecule has 6 heteroatoms. The SMILES string of the molecule is Cc1cnccc1NC(=O)NCCN1CCOCC1. The fraction of sp³-hybridized carbons (Fsp3) is 0.538. The Bertz CT molecular complexity index is 419. The lowest BCUT2D eigenvalue weighted by Crippen LogP contribution is -2.42. The lowest BCUT2D eigenvalue weighted by atomic mass is 10.2. The Morgan fingerprint density at radius 2 is 2.26 bits per heavy atom. The molecule has 2 rings (SSSR count). The second kappa shape index (κ2) is 7.06. The van der Waals surface area contributed by atoms with Gasteiger partial charge in [-0.15, -0.1) is 0 Å². The molecule has 0 bridgehead atoms. The molecule has 19 heavy (non-hydrogen) atoms. The Kier molecular flexibility index (Phi) is 5.11. The van der Waals surface area contributed by atoms with E-state index in [0.29, 0.717) is 6.54 Å². The molecule has 0 aromatic carbocycles. The maximum Gasteiger partial charge on any atom is 0.319 e. The normalized spacial score (nSPS) is 16.1. The van der Waals surface area contributed by atoms with Crippen molar-refractivity contribution in [2.24, 2.45) is 0 Å². The highest BCUT2D eigenvalue weighted by Crippen LogP contribution is 2.10. The minimum Gasteiger partial charge on any atom is -0.379 e. The molecule has 0 saturated carbocycles. The van der Waals surface area contributed by atoms with E-state index < -0.39 is 0 Å². The van der Waals surface area contributed by atoms with E-state index in [2.05, 4.69) is 20.5 Å². The lowest BCUT2D eigenvalue weighted by molar-refractivity contribution is 0.0388. The van der Waals surface area contributed by atoms with Crippen LogP contribution in [0.4, 0.5) is 10.5 Å². The van der Waals surface area contributed by atoms with Crippen LogP contribution in [0.15, 0.2) is 18.5 Å². The average Bonchev–Trinajstić information content (AvgIpc) is 2.43. The topological polar surface area (TPSA) is 66.5 Å². The molecule has 1 fully saturated rings. The molecular formula is C13H20N4O2. The van der Waals surface area contributed by atoms with E-state index in [1.807, 2.05) is 6.92 Å². The van der Waals surface area contributed by atoms with Crippen LogP contribution in [0.2, 0.25) is 0 Å². The van der Waals surface area contributed by atoms with Crippen LogP contribution in [-0.4, -0.2) is 55.3 Å². The molecule has 104 valence electrons. The summed E-state index contributed by atoms with van der Waals surface area (Å²) in [6, 6.07) is 1.61. The van der Waals surface area contributed by atoms with Crippen LogP contribution in [0.25, 0.3) is 0 Å². The molecule has 1 aromatic heterocycles. The maximum absolute atomic E-state index is 11.7. The van der Waals surface area contributed by atoms with Crippen molar-refractivity contribution >= 4 is 11.7 Å². The molecule has 0 atom stereocenters. The Balaban J connectivity index is 1.68. The molecule has 6 nitrogen and oxygen atoms in total. The van der Waals surface area contributed by atoms with Crippen molar-refractivity contribution in [3.05, 3.63) is 24.0 Å². The third-order valence-corrected chi connectivity index (χ3v) is 3.09. The molecule has 1 aromatic rings. The van der Waals surface area contributed by atoms with Crippen LogP contribution in [0, 0.1) is 6.92 Å². The molecule has 0 unspecified atom stereocenters. The van der Waals surface area contributed by atoms with Gasteiger partial charge in [0.05, 0.1) is 13.2 Å². The molecule has 2 N–H and O–H groups in total. The van der Waals surface area contributed by atoms with E-state index in [4.69, 9.17) is 4.74 Å². The monoisotopic (exact) mass is 264 g/mol. The van der Waals surface area contributed by atoms with E-state index in [9.17, 15) is 4.79 Å². The van der Waals surface area contributed by atoms with E-state index in [1.54, 1.807) is 18.5 Å². The van der Waals surface area contributed by atoms with E-state index in [-0.39, 0.29) is 6.03 Å². The molecule has 2 amide bonds. The van der Waals surface area contributed by atoms with Crippen LogP contribution in [0.3, 0.4) is 0 Å². The number of hydrogen-bond donors (Lipinski definition) is 2. The van der Waals surface area contributed by atoms with Crippen molar-refractivity contribution in [3.8, 4) is 0 Å². The van der Waals surface area contributed by atoms with Crippen LogP contribution in [0.5, 0.6) is 0 Å². The number of nitrogens with one attached hydrogen (secondary N) is 2. The zero-order valence-electron chi connectivity index (χ0n) is 11.2. The minimum absolute atomic E-state index is 0.178. The fourth-order valence-electron chi connectivity index (χ4n) is 1.93. The van der Waals surface area contributed by atoms with Crippen LogP contribution in [0.1, 0.15) is 5.56 Å². The summed E-state index contributed by atoms with van der Waals surface area (Å²) in [6.07, 6.45) is 3.39. The zero-order valence-corrected chi connectivity index (χ0v) is 11.2. The number of aryl methyl sites for hydroxylation is 1. The van der Waals surface area contributed by atoms with Crippen molar-refractivity contribution in [1.82, 2.24) is 15.2 Å². The molecular weight excluding hydrogens is 244 g/mol. The van der Waals surface area contributed by atoms with Gasteiger partial charge in [-0.05, 0) is 18.6 Å². The Morgan fingerprint density at radius 1 is 1.47 bits per heavy atom. The summed E-state index contributed by atoms with van der Waals surface area (Å²) in [5, 5.41) is 5.67. The van der Waals surface area contributed by atoms with Crippen molar-refractivity contribution in [1.29, 1.82) is 0 Å². The fourth-order valence-corrected chi connectivity index (χ4v) is 1.93. The van der Waals surface area contributed by atoms with Gasteiger partial charge in [-0.25, -0.2) is 4.79 Å². The third kappa shape index (κ3) is 4.50. The number of rotatable bonds is 4. The highest BCUT2D eigenvalue weighted by atomic mass is 16.5. The van der Waals surface area contributed by atoms with Gasteiger partial charge in [0.25, 0.3) is 0 Å². The first-order valence-electron chi connectivity index (χ1n) is 6.51. The number of hydrogen-bond acceptors (Lipinski definition) is 4. The number of anilines is 1. The second-order valence-electron chi connectivity index (χ2n) is 4.53. The number of morpholine rings is 1. The summed E-state index contributed by atoms with van der Waals surface area (Å²) in [5.41, 5.74) is 1.74. The Labute approximate surface area is 113 Å². The average molecular weight is 264 g/mol. The summed E-state index contributed by atoms with van der Waals surface area (Å²) < 4.78 is 5.27. The van der Waals surface area contributed by atoms with Crippen molar-refractivity contribution in [2.45, 2.75) is 6.92 Å². The second-order valence-corrected chi connectivity index (χ2v) is 4.53. The first-order valence-corrected chi connectivity index (χ1v) is 6.51. The number of aromatic nitrogens is 1. The van der Waals surface area contributed by atoms with Crippen molar-refractivity contribution in [3.63, 3.8) is 0 Å². The van der Waals surface area contributed by atoms with Gasteiger partial charge in [0.2, 0.25) is 0 Å². The highest BCUT2D eigenvalue weighted by Gasteiger charge is 2.10. The standard InChI is InChI=1S/C13H20N4O2/c1-11-10-14-3-2-12(11)16-13(18)15-4-5-17-6-8-19-9-7-17/h2-3,10H,4-9H2,1H3,(H2,14,15,16,18). The number of ether oxygens (including phenoxy) is 1. The Hall–Kier alpha value is -1.66. The molecule has 1 aliphatic heterocycles. The van der Waals surface area contributed by atoms with Gasteiger partial charge in [0, 0.05) is 44.3 Å². The van der Waals surface area contributed by atoms with Gasteiger partial charge in [0.15, 0.2) is 0 Å². The summed E-state index contributed by atoms with van der Waals surface area (Å²) in [7, 11) is 0. The van der Waals surface area contributed by atoms with Gasteiger partial charge in [-0.3, -0.25) is 9.88 Å². The molecule has 1 aliphatic rings. The number of amides is 2. The summed E-state index contributed by atoms with van der Waals surface area (Å²) in [4.78, 5) is 18.0. The quantitative estimate of drug-likeness (QED) is 0.846. The van der Waals surface area contributed by atoms with Crippen LogP contribution >= 0.6 is 0 Å². The van der Waals surface area contributed by atoms with Crippen LogP contribution in [-0.2, 0) is 4.74 Å². The zero-order chi connectivity index (χ0) is 13.5. The number of urea groups is 1. The maximum atomic E-state index is 11.7. The molecule has 0 spiro atoms. The summed E-state index contributed by atoms with van der Waals surface area (Å²) in [5.74, 6) is 0. The smallest absolute Gasteiger partial charge is 0.319 e. The van der Waals surface area contributed by atoms with Gasteiger partial charge in [-0.2, -0.15) is 0 Å². The largest absolute Gasteiger partial charge is 0.379 e. The minimum atomic E-state index is -0.178. The highest BCUT2D eigenvalue weighted by molar-refractivity contribution is 5.89. The number of nitrogens with zero attached hydrogens (tertiary/aromatic N) is 2. The predicted octanol–water partition coefficient (Wildman–Crippen LogP) is 0.844. The number of carbonyl (C=O) groups excluding carboxylic acids is 1. The van der Waals surface area contributed by atoms with E-state index >= 15 is 0 Å². The van der Waals surface area contributed by atoms with E-state index in [0.717, 1.165) is 44.1 Å². The van der Waals surface area contributed by atoms with Crippen LogP contribution < -0.4 is 10.6 Å². The van der Waals surface area contributed by atoms with E-state index in [1.165, 1.54) is 0 Å². The number of carbonyl (C=O) groups is 1. The lowest BCUT2D eigenvalue weighted by Gasteiger charge is -2.26. The summed E-state index contributed by atoms with van der Waals surface area (Å²) in [6.45, 7) is 6.84. The van der Waals surface area contributed by atoms with Crippen molar-refractivity contribution < 1.29 is 9.53 Å². The summed E-state index contributed by atoms with van der Waals surface area (Å²) >= 11 is 0.